The first-order valence-corrected chi connectivity index (χ1v) is 9.54. The number of nitrogens with zero attached hydrogens (tertiary/aromatic N) is 2. The van der Waals surface area contributed by atoms with Crippen molar-refractivity contribution in [1.82, 2.24) is 9.78 Å². The summed E-state index contributed by atoms with van der Waals surface area (Å²) < 4.78 is 1.80. The van der Waals surface area contributed by atoms with E-state index < -0.39 is 0 Å². The van der Waals surface area contributed by atoms with Gasteiger partial charge in [-0.1, -0.05) is 57.0 Å². The maximum Gasteiger partial charge on any atom is 0.248 e. The number of rotatable bonds is 7. The number of aromatic nitrogens is 2. The minimum atomic E-state index is -0.169. The second kappa shape index (κ2) is 9.04. The Kier molecular flexibility index (Phi) is 7.04. The first-order chi connectivity index (χ1) is 12.3. The van der Waals surface area contributed by atoms with E-state index in [0.717, 1.165) is 47.5 Å². The number of nitrogens with one attached hydrogen (secondary N) is 1. The number of anilines is 1. The number of amides is 1. The van der Waals surface area contributed by atoms with Crippen LogP contribution >= 0.6 is 11.6 Å². The lowest BCUT2D eigenvalue weighted by Gasteiger charge is -2.15. The first kappa shape index (κ1) is 20.2. The second-order valence-electron chi connectivity index (χ2n) is 6.88. The summed E-state index contributed by atoms with van der Waals surface area (Å²) in [6, 6.07) is 6.07. The molecule has 4 nitrogen and oxygen atoms in total. The van der Waals surface area contributed by atoms with Crippen LogP contribution in [0.2, 0.25) is 5.15 Å². The van der Waals surface area contributed by atoms with Gasteiger partial charge in [0.05, 0.1) is 5.69 Å². The van der Waals surface area contributed by atoms with Gasteiger partial charge in [0.25, 0.3) is 0 Å². The maximum atomic E-state index is 12.4. The largest absolute Gasteiger partial charge is 0.322 e. The standard InChI is InChI=1S/C21H28ClN3O/c1-6-7-13-25-21(22)18(16(5)24-25)11-12-19(26)23-20-15(4)9-8-10-17(20)14(2)3/h8-12,14H,6-7,13H2,1-5H3,(H,23,26)/b12-11+. The number of carbonyl (C=O) groups is 1. The number of carbonyl (C=O) groups excluding carboxylic acids is 1. The van der Waals surface area contributed by atoms with Crippen LogP contribution in [0.3, 0.4) is 0 Å². The fourth-order valence-electron chi connectivity index (χ4n) is 2.88. The van der Waals surface area contributed by atoms with Gasteiger partial charge >= 0.3 is 0 Å². The molecular formula is C21H28ClN3O. The number of hydrogen-bond donors (Lipinski definition) is 1. The summed E-state index contributed by atoms with van der Waals surface area (Å²) in [6.07, 6.45) is 5.37. The van der Waals surface area contributed by atoms with Crippen LogP contribution < -0.4 is 5.32 Å². The van der Waals surface area contributed by atoms with Gasteiger partial charge < -0.3 is 5.32 Å². The molecule has 0 saturated heterocycles. The summed E-state index contributed by atoms with van der Waals surface area (Å²) >= 11 is 6.42. The van der Waals surface area contributed by atoms with Crippen molar-refractivity contribution >= 4 is 29.3 Å². The molecule has 2 aromatic rings. The van der Waals surface area contributed by atoms with Gasteiger partial charge in [-0.2, -0.15) is 5.10 Å². The summed E-state index contributed by atoms with van der Waals surface area (Å²) in [5, 5.41) is 8.06. The van der Waals surface area contributed by atoms with E-state index in [0.29, 0.717) is 11.1 Å². The van der Waals surface area contributed by atoms with Gasteiger partial charge in [-0.15, -0.1) is 0 Å². The SMILES string of the molecule is CCCCn1nc(C)c(/C=C/C(=O)Nc2c(C)cccc2C(C)C)c1Cl. The first-order valence-electron chi connectivity index (χ1n) is 9.16. The number of para-hydroxylation sites is 1. The molecule has 0 atom stereocenters. The predicted octanol–water partition coefficient (Wildman–Crippen LogP) is 5.73. The lowest BCUT2D eigenvalue weighted by Crippen LogP contribution is -2.11. The fraction of sp³-hybridized carbons (Fsp3) is 0.429. The van der Waals surface area contributed by atoms with Crippen molar-refractivity contribution in [2.75, 3.05) is 5.32 Å². The highest BCUT2D eigenvalue weighted by atomic mass is 35.5. The third-order valence-electron chi connectivity index (χ3n) is 4.41. The topological polar surface area (TPSA) is 46.9 Å². The molecule has 0 fully saturated rings. The minimum Gasteiger partial charge on any atom is -0.322 e. The molecule has 0 aliphatic carbocycles. The lowest BCUT2D eigenvalue weighted by atomic mass is 9.98. The van der Waals surface area contributed by atoms with E-state index in [-0.39, 0.29) is 5.91 Å². The van der Waals surface area contributed by atoms with Crippen LogP contribution in [0.5, 0.6) is 0 Å². The molecule has 26 heavy (non-hydrogen) atoms. The summed E-state index contributed by atoms with van der Waals surface area (Å²) in [5.74, 6) is 0.167. The summed E-state index contributed by atoms with van der Waals surface area (Å²) in [4.78, 5) is 12.4. The minimum absolute atomic E-state index is 0.169. The third-order valence-corrected chi connectivity index (χ3v) is 4.81. The normalized spacial score (nSPS) is 11.5. The van der Waals surface area contributed by atoms with Crippen molar-refractivity contribution in [2.45, 2.75) is 59.9 Å². The van der Waals surface area contributed by atoms with Gasteiger partial charge in [0.1, 0.15) is 5.15 Å². The van der Waals surface area contributed by atoms with Gasteiger partial charge in [0.2, 0.25) is 5.91 Å². The van der Waals surface area contributed by atoms with E-state index in [4.69, 9.17) is 11.6 Å². The smallest absolute Gasteiger partial charge is 0.248 e. The van der Waals surface area contributed by atoms with Crippen molar-refractivity contribution in [3.05, 3.63) is 51.8 Å². The highest BCUT2D eigenvalue weighted by Crippen LogP contribution is 2.27. The quantitative estimate of drug-likeness (QED) is 0.630. The van der Waals surface area contributed by atoms with Crippen molar-refractivity contribution < 1.29 is 4.79 Å². The molecule has 2 rings (SSSR count). The Bertz CT molecular complexity index is 806. The molecule has 0 bridgehead atoms. The molecule has 140 valence electrons. The molecule has 0 aliphatic rings. The zero-order valence-corrected chi connectivity index (χ0v) is 17.0. The third kappa shape index (κ3) is 4.76. The average Bonchev–Trinajstić information content (AvgIpc) is 2.86. The zero-order valence-electron chi connectivity index (χ0n) is 16.3. The Morgan fingerprint density at radius 1 is 1.35 bits per heavy atom. The predicted molar refractivity (Wildman–Crippen MR) is 110 cm³/mol. The van der Waals surface area contributed by atoms with Crippen molar-refractivity contribution in [1.29, 1.82) is 0 Å². The second-order valence-corrected chi connectivity index (χ2v) is 7.24. The number of aryl methyl sites for hydroxylation is 3. The Morgan fingerprint density at radius 2 is 2.08 bits per heavy atom. The molecule has 1 N–H and O–H groups in total. The van der Waals surface area contributed by atoms with Crippen LogP contribution in [0, 0.1) is 13.8 Å². The monoisotopic (exact) mass is 373 g/mol. The molecule has 1 heterocycles. The van der Waals surface area contributed by atoms with Crippen molar-refractivity contribution in [3.63, 3.8) is 0 Å². The van der Waals surface area contributed by atoms with E-state index in [1.807, 2.05) is 26.0 Å². The Labute approximate surface area is 161 Å². The van der Waals surface area contributed by atoms with Crippen LogP contribution in [0.25, 0.3) is 6.08 Å². The molecule has 0 aliphatic heterocycles. The molecule has 5 heteroatoms. The van der Waals surface area contributed by atoms with Crippen LogP contribution in [0.1, 0.15) is 61.9 Å². The van der Waals surface area contributed by atoms with Crippen molar-refractivity contribution in [3.8, 4) is 0 Å². The number of unbranched alkanes of at least 4 members (excludes halogenated alkanes) is 1. The summed E-state index contributed by atoms with van der Waals surface area (Å²) in [5.41, 5.74) is 4.70. The van der Waals surface area contributed by atoms with E-state index in [1.54, 1.807) is 10.8 Å². The average molecular weight is 374 g/mol. The molecule has 0 spiro atoms. The number of hydrogen-bond acceptors (Lipinski definition) is 2. The van der Waals surface area contributed by atoms with Crippen LogP contribution in [0.4, 0.5) is 5.69 Å². The van der Waals surface area contributed by atoms with Gasteiger partial charge in [-0.05, 0) is 43.4 Å². The van der Waals surface area contributed by atoms with Crippen molar-refractivity contribution in [2.24, 2.45) is 0 Å². The Hall–Kier alpha value is -2.07. The van der Waals surface area contributed by atoms with Gasteiger partial charge in [0, 0.05) is 23.9 Å². The molecular weight excluding hydrogens is 346 g/mol. The molecule has 0 unspecified atom stereocenters. The number of benzene rings is 1. The van der Waals surface area contributed by atoms with Crippen LogP contribution in [-0.4, -0.2) is 15.7 Å². The molecule has 1 amide bonds. The van der Waals surface area contributed by atoms with E-state index in [2.05, 4.69) is 37.3 Å². The lowest BCUT2D eigenvalue weighted by molar-refractivity contribution is -0.111. The summed E-state index contributed by atoms with van der Waals surface area (Å²) in [6.45, 7) is 11.1. The van der Waals surface area contributed by atoms with E-state index >= 15 is 0 Å². The van der Waals surface area contributed by atoms with E-state index in [9.17, 15) is 4.79 Å². The zero-order chi connectivity index (χ0) is 19.3. The van der Waals surface area contributed by atoms with Crippen LogP contribution in [0.15, 0.2) is 24.3 Å². The molecule has 1 aromatic heterocycles. The Balaban J connectivity index is 2.18. The molecule has 0 radical (unpaired) electrons. The fourth-order valence-corrected chi connectivity index (χ4v) is 3.20. The van der Waals surface area contributed by atoms with Gasteiger partial charge in [-0.25, -0.2) is 0 Å². The van der Waals surface area contributed by atoms with Gasteiger partial charge in [0.15, 0.2) is 0 Å². The van der Waals surface area contributed by atoms with E-state index in [1.165, 1.54) is 6.08 Å². The number of halogens is 1. The highest BCUT2D eigenvalue weighted by Gasteiger charge is 2.13. The van der Waals surface area contributed by atoms with Gasteiger partial charge in [-0.3, -0.25) is 9.48 Å². The Morgan fingerprint density at radius 3 is 2.73 bits per heavy atom. The highest BCUT2D eigenvalue weighted by molar-refractivity contribution is 6.31. The molecule has 0 saturated carbocycles. The van der Waals surface area contributed by atoms with Crippen LogP contribution in [-0.2, 0) is 11.3 Å². The summed E-state index contributed by atoms with van der Waals surface area (Å²) in [7, 11) is 0. The maximum absolute atomic E-state index is 12.4. The molecule has 1 aromatic carbocycles.